The Kier molecular flexibility index (Phi) is 4.15. The lowest BCUT2D eigenvalue weighted by Gasteiger charge is -2.42. The zero-order chi connectivity index (χ0) is 21.9. The average molecular weight is 430 g/mol. The van der Waals surface area contributed by atoms with Crippen LogP contribution in [0.1, 0.15) is 35.2 Å². The number of imidazole rings is 1. The van der Waals surface area contributed by atoms with Crippen LogP contribution in [0.4, 0.5) is 4.39 Å². The molecule has 1 N–H and O–H groups in total. The summed E-state index contributed by atoms with van der Waals surface area (Å²) in [6, 6.07) is 10.5. The predicted octanol–water partition coefficient (Wildman–Crippen LogP) is 4.50. The zero-order valence-electron chi connectivity index (χ0n) is 17.7. The molecule has 0 radical (unpaired) electrons. The number of aryl methyl sites for hydroxylation is 1. The first-order valence-corrected chi connectivity index (χ1v) is 10.9. The number of hydrogen-bond donors (Lipinski definition) is 1. The number of aromatic hydroxyl groups is 1. The molecule has 0 bridgehead atoms. The van der Waals surface area contributed by atoms with E-state index in [0.29, 0.717) is 5.69 Å². The monoisotopic (exact) mass is 430 g/mol. The van der Waals surface area contributed by atoms with E-state index in [1.165, 1.54) is 6.07 Å². The standard InChI is InChI=1S/C25H23FN4O2/c1-16-14-29(15-27-16)22-8-4-17(11-23(22)31)5-9-24-28-32-25-19(3-2-10-30(24)25)12-18-13-20(26)6-7-21(18)25/h4-9,11,13-15,19,31H,2-3,10,12H2,1H3/t19-,25+/m0/s1. The van der Waals surface area contributed by atoms with Gasteiger partial charge in [-0.1, -0.05) is 17.3 Å². The van der Waals surface area contributed by atoms with Crippen LogP contribution in [0.2, 0.25) is 0 Å². The van der Waals surface area contributed by atoms with Gasteiger partial charge in [0.1, 0.15) is 11.6 Å². The van der Waals surface area contributed by atoms with Gasteiger partial charge in [-0.25, -0.2) is 9.37 Å². The Hall–Kier alpha value is -3.61. The van der Waals surface area contributed by atoms with E-state index in [9.17, 15) is 9.50 Å². The average Bonchev–Trinajstić information content (AvgIpc) is 3.45. The van der Waals surface area contributed by atoms with Gasteiger partial charge in [0, 0.05) is 24.2 Å². The molecule has 3 aromatic rings. The summed E-state index contributed by atoms with van der Waals surface area (Å²) in [4.78, 5) is 12.5. The van der Waals surface area contributed by atoms with Crippen molar-refractivity contribution in [3.8, 4) is 11.4 Å². The van der Waals surface area contributed by atoms with Crippen molar-refractivity contribution >= 4 is 11.9 Å². The van der Waals surface area contributed by atoms with Gasteiger partial charge >= 0.3 is 0 Å². The number of piperidine rings is 1. The summed E-state index contributed by atoms with van der Waals surface area (Å²) in [5.74, 6) is 0.972. The molecule has 1 aromatic heterocycles. The summed E-state index contributed by atoms with van der Waals surface area (Å²) in [5.41, 5.74) is 3.82. The molecule has 7 heteroatoms. The van der Waals surface area contributed by atoms with Gasteiger partial charge in [0.25, 0.3) is 0 Å². The molecule has 1 fully saturated rings. The van der Waals surface area contributed by atoms with E-state index >= 15 is 0 Å². The van der Waals surface area contributed by atoms with Gasteiger partial charge in [0.2, 0.25) is 5.72 Å². The predicted molar refractivity (Wildman–Crippen MR) is 119 cm³/mol. The molecule has 2 aromatic carbocycles. The van der Waals surface area contributed by atoms with Crippen LogP contribution >= 0.6 is 0 Å². The summed E-state index contributed by atoms with van der Waals surface area (Å²) in [6.45, 7) is 2.74. The molecule has 162 valence electrons. The van der Waals surface area contributed by atoms with Crippen LogP contribution in [0, 0.1) is 18.7 Å². The fourth-order valence-corrected chi connectivity index (χ4v) is 5.36. The first-order valence-electron chi connectivity index (χ1n) is 10.9. The molecule has 32 heavy (non-hydrogen) atoms. The van der Waals surface area contributed by atoms with Crippen molar-refractivity contribution in [2.45, 2.75) is 31.9 Å². The number of fused-ring (bicyclic) bond motifs is 1. The van der Waals surface area contributed by atoms with E-state index in [1.807, 2.05) is 43.5 Å². The van der Waals surface area contributed by atoms with Gasteiger partial charge in [-0.2, -0.15) is 0 Å². The van der Waals surface area contributed by atoms with E-state index in [-0.39, 0.29) is 17.5 Å². The molecule has 1 saturated heterocycles. The lowest BCUT2D eigenvalue weighted by molar-refractivity contribution is -0.155. The van der Waals surface area contributed by atoms with Crippen LogP contribution in [-0.4, -0.2) is 31.9 Å². The highest BCUT2D eigenvalue weighted by Crippen LogP contribution is 2.53. The number of nitrogens with zero attached hydrogens (tertiary/aromatic N) is 4. The van der Waals surface area contributed by atoms with Gasteiger partial charge in [0.15, 0.2) is 5.84 Å². The second-order valence-corrected chi connectivity index (χ2v) is 8.74. The topological polar surface area (TPSA) is 62.9 Å². The molecule has 3 heterocycles. The Balaban J connectivity index is 1.28. The minimum atomic E-state index is -0.633. The minimum Gasteiger partial charge on any atom is -0.506 e. The molecule has 0 amide bonds. The first kappa shape index (κ1) is 19.1. The van der Waals surface area contributed by atoms with Crippen LogP contribution in [0.5, 0.6) is 5.75 Å². The Morgan fingerprint density at radius 2 is 2.12 bits per heavy atom. The number of benzene rings is 2. The summed E-state index contributed by atoms with van der Waals surface area (Å²) < 4.78 is 15.6. The third-order valence-electron chi connectivity index (χ3n) is 6.78. The second kappa shape index (κ2) is 6.95. The molecule has 3 aliphatic rings. The van der Waals surface area contributed by atoms with Crippen LogP contribution in [0.25, 0.3) is 11.8 Å². The van der Waals surface area contributed by atoms with Crippen molar-refractivity contribution in [1.29, 1.82) is 0 Å². The van der Waals surface area contributed by atoms with Crippen LogP contribution < -0.4 is 0 Å². The van der Waals surface area contributed by atoms with E-state index in [4.69, 9.17) is 4.84 Å². The molecular formula is C25H23FN4O2. The van der Waals surface area contributed by atoms with Gasteiger partial charge in [-0.15, -0.1) is 0 Å². The fourth-order valence-electron chi connectivity index (χ4n) is 5.36. The number of phenols is 1. The maximum absolute atomic E-state index is 13.8. The third kappa shape index (κ3) is 2.77. The van der Waals surface area contributed by atoms with Crippen molar-refractivity contribution in [2.24, 2.45) is 11.1 Å². The third-order valence-corrected chi connectivity index (χ3v) is 6.78. The maximum Gasteiger partial charge on any atom is 0.240 e. The van der Waals surface area contributed by atoms with Gasteiger partial charge < -0.3 is 19.4 Å². The molecule has 1 aliphatic carbocycles. The SMILES string of the molecule is Cc1cn(-c2ccc(C=CC3=NO[C@@]45c6ccc(F)cc6C[C@@H]4CCCN35)cc2O)cn1. The van der Waals surface area contributed by atoms with Crippen molar-refractivity contribution in [3.63, 3.8) is 0 Å². The number of halogens is 1. The van der Waals surface area contributed by atoms with E-state index in [1.54, 1.807) is 23.0 Å². The molecule has 6 nitrogen and oxygen atoms in total. The minimum absolute atomic E-state index is 0.176. The summed E-state index contributed by atoms with van der Waals surface area (Å²) in [7, 11) is 0. The van der Waals surface area contributed by atoms with E-state index in [0.717, 1.165) is 54.0 Å². The summed E-state index contributed by atoms with van der Waals surface area (Å²) >= 11 is 0. The highest BCUT2D eigenvalue weighted by Gasteiger charge is 2.58. The number of amidine groups is 1. The van der Waals surface area contributed by atoms with Gasteiger partial charge in [0.05, 0.1) is 17.7 Å². The van der Waals surface area contributed by atoms with Crippen molar-refractivity contribution in [2.75, 3.05) is 6.54 Å². The Morgan fingerprint density at radius 3 is 2.94 bits per heavy atom. The van der Waals surface area contributed by atoms with Crippen LogP contribution in [0.3, 0.4) is 0 Å². The Morgan fingerprint density at radius 1 is 1.22 bits per heavy atom. The lowest BCUT2D eigenvalue weighted by atomic mass is 9.86. The normalized spacial score (nSPS) is 23.6. The molecule has 0 saturated carbocycles. The number of aromatic nitrogens is 2. The van der Waals surface area contributed by atoms with E-state index in [2.05, 4.69) is 15.0 Å². The van der Waals surface area contributed by atoms with Gasteiger partial charge in [-0.05, 0) is 73.7 Å². The Labute approximate surface area is 185 Å². The number of phenolic OH excluding ortho intramolecular Hbond substituents is 1. The largest absolute Gasteiger partial charge is 0.506 e. The highest BCUT2D eigenvalue weighted by molar-refractivity contribution is 5.97. The molecular weight excluding hydrogens is 407 g/mol. The summed E-state index contributed by atoms with van der Waals surface area (Å²) in [5, 5.41) is 14.9. The second-order valence-electron chi connectivity index (χ2n) is 8.74. The maximum atomic E-state index is 13.8. The Bertz CT molecular complexity index is 1280. The lowest BCUT2D eigenvalue weighted by Crippen LogP contribution is -2.52. The quantitative estimate of drug-likeness (QED) is 0.665. The first-order chi connectivity index (χ1) is 15.5. The number of oxime groups is 1. The van der Waals surface area contributed by atoms with Crippen molar-refractivity contribution < 1.29 is 14.3 Å². The fraction of sp³-hybridized carbons (Fsp3) is 0.280. The van der Waals surface area contributed by atoms with Gasteiger partial charge in [-0.3, -0.25) is 0 Å². The van der Waals surface area contributed by atoms with Crippen molar-refractivity contribution in [1.82, 2.24) is 14.5 Å². The number of hydrogen-bond acceptors (Lipinski definition) is 5. The van der Waals surface area contributed by atoms with E-state index < -0.39 is 5.72 Å². The molecule has 0 unspecified atom stereocenters. The summed E-state index contributed by atoms with van der Waals surface area (Å²) in [6.07, 6.45) is 10.3. The molecule has 1 spiro atoms. The van der Waals surface area contributed by atoms with Crippen LogP contribution in [0.15, 0.2) is 60.2 Å². The molecule has 6 rings (SSSR count). The zero-order valence-corrected chi connectivity index (χ0v) is 17.7. The highest BCUT2D eigenvalue weighted by atomic mass is 19.1. The van der Waals surface area contributed by atoms with Crippen LogP contribution in [-0.2, 0) is 17.0 Å². The smallest absolute Gasteiger partial charge is 0.240 e. The number of rotatable bonds is 3. The molecule has 2 aliphatic heterocycles. The molecule has 2 atom stereocenters. The van der Waals surface area contributed by atoms with Crippen molar-refractivity contribution in [3.05, 3.63) is 83.2 Å².